The minimum atomic E-state index is -0.579. The van der Waals surface area contributed by atoms with E-state index in [1.807, 2.05) is 6.08 Å². The van der Waals surface area contributed by atoms with Gasteiger partial charge in [0.25, 0.3) is 0 Å². The number of nitrogens with one attached hydrogen (secondary N) is 1. The molecule has 8 heteroatoms. The normalized spacial score (nSPS) is 38.8. The molecule has 3 aliphatic rings. The molecule has 0 spiro atoms. The predicted octanol–water partition coefficient (Wildman–Crippen LogP) is 2.88. The van der Waals surface area contributed by atoms with Gasteiger partial charge in [0.15, 0.2) is 5.90 Å². The molecule has 3 rings (SSSR count). The van der Waals surface area contributed by atoms with Crippen LogP contribution in [0.3, 0.4) is 0 Å². The van der Waals surface area contributed by atoms with E-state index in [1.165, 1.54) is 6.08 Å². The van der Waals surface area contributed by atoms with Crippen molar-refractivity contribution in [1.29, 1.82) is 5.41 Å². The van der Waals surface area contributed by atoms with Crippen molar-refractivity contribution in [3.8, 4) is 0 Å². The van der Waals surface area contributed by atoms with Gasteiger partial charge in [-0.15, -0.1) is 0 Å². The van der Waals surface area contributed by atoms with Crippen molar-refractivity contribution in [2.45, 2.75) is 60.7 Å². The number of hydrogen-bond donors (Lipinski definition) is 1. The summed E-state index contributed by atoms with van der Waals surface area (Å²) in [4.78, 5) is 22.2. The van der Waals surface area contributed by atoms with Gasteiger partial charge >= 0.3 is 5.97 Å². The zero-order chi connectivity index (χ0) is 17.3. The van der Waals surface area contributed by atoms with Gasteiger partial charge < -0.3 is 9.47 Å². The van der Waals surface area contributed by atoms with E-state index in [-0.39, 0.29) is 44.8 Å². The molecule has 24 heavy (non-hydrogen) atoms. The third-order valence-corrected chi connectivity index (χ3v) is 6.70. The van der Waals surface area contributed by atoms with E-state index in [1.54, 1.807) is 0 Å². The Morgan fingerprint density at radius 1 is 1.33 bits per heavy atom. The highest BCUT2D eigenvalue weighted by Gasteiger charge is 2.40. The second-order valence-electron chi connectivity index (χ2n) is 6.79. The van der Waals surface area contributed by atoms with Crippen LogP contribution in [0.1, 0.15) is 38.5 Å². The van der Waals surface area contributed by atoms with Crippen LogP contribution < -0.4 is 0 Å². The summed E-state index contributed by atoms with van der Waals surface area (Å²) >= 11 is 2.27. The van der Waals surface area contributed by atoms with Gasteiger partial charge in [0.2, 0.25) is 6.04 Å². The Balaban J connectivity index is 1.57. The van der Waals surface area contributed by atoms with Gasteiger partial charge in [0.1, 0.15) is 12.2 Å². The standard InChI is InChI=1S/C16H21IN2O5/c17-13-5-3-10(19(21)22)7-12(13)16(18)23-11-4-1-9-2-6-15(20)24-14(9)8-11/h2,6,9-14,18H,1,3-5,7-8H2. The first-order valence-corrected chi connectivity index (χ1v) is 9.60. The molecule has 7 nitrogen and oxygen atoms in total. The van der Waals surface area contributed by atoms with Gasteiger partial charge in [-0.2, -0.15) is 0 Å². The van der Waals surface area contributed by atoms with Crippen molar-refractivity contribution in [3.63, 3.8) is 0 Å². The number of esters is 1. The van der Waals surface area contributed by atoms with E-state index in [0.717, 1.165) is 19.3 Å². The van der Waals surface area contributed by atoms with Gasteiger partial charge in [-0.1, -0.05) is 28.7 Å². The maximum absolute atomic E-state index is 11.4. The van der Waals surface area contributed by atoms with Gasteiger partial charge in [0, 0.05) is 40.1 Å². The lowest BCUT2D eigenvalue weighted by Crippen LogP contribution is -2.42. The minimum absolute atomic E-state index is 0.155. The molecule has 0 aromatic carbocycles. The van der Waals surface area contributed by atoms with Crippen molar-refractivity contribution in [1.82, 2.24) is 0 Å². The summed E-state index contributed by atoms with van der Waals surface area (Å²) in [5.74, 6) is -0.133. The monoisotopic (exact) mass is 448 g/mol. The molecule has 0 aromatic heterocycles. The number of alkyl halides is 1. The number of hydrogen-bond acceptors (Lipinski definition) is 6. The number of halogens is 1. The highest BCUT2D eigenvalue weighted by atomic mass is 127. The molecule has 6 unspecified atom stereocenters. The zero-order valence-electron chi connectivity index (χ0n) is 13.2. The van der Waals surface area contributed by atoms with Crippen molar-refractivity contribution in [3.05, 3.63) is 22.3 Å². The summed E-state index contributed by atoms with van der Waals surface area (Å²) in [5, 5.41) is 19.3. The smallest absolute Gasteiger partial charge is 0.330 e. The predicted molar refractivity (Wildman–Crippen MR) is 94.9 cm³/mol. The van der Waals surface area contributed by atoms with Crippen LogP contribution in [-0.2, 0) is 14.3 Å². The fourth-order valence-electron chi connectivity index (χ4n) is 3.81. The average Bonchev–Trinajstić information content (AvgIpc) is 2.54. The molecule has 0 bridgehead atoms. The summed E-state index contributed by atoms with van der Waals surface area (Å²) in [6.07, 6.45) is 6.98. The number of carbonyl (C=O) groups is 1. The second-order valence-corrected chi connectivity index (χ2v) is 8.39. The van der Waals surface area contributed by atoms with E-state index < -0.39 is 6.04 Å². The summed E-state index contributed by atoms with van der Waals surface area (Å²) < 4.78 is 11.4. The number of carbonyl (C=O) groups excluding carboxylic acids is 1. The molecule has 1 heterocycles. The third kappa shape index (κ3) is 3.89. The summed E-state index contributed by atoms with van der Waals surface area (Å²) in [6.45, 7) is 0. The first kappa shape index (κ1) is 17.6. The lowest BCUT2D eigenvalue weighted by atomic mass is 9.83. The maximum Gasteiger partial charge on any atom is 0.330 e. The topological polar surface area (TPSA) is 103 Å². The van der Waals surface area contributed by atoms with Gasteiger partial charge in [-0.3, -0.25) is 15.5 Å². The van der Waals surface area contributed by atoms with Crippen molar-refractivity contribution < 1.29 is 19.2 Å². The van der Waals surface area contributed by atoms with Crippen LogP contribution in [-0.4, -0.2) is 39.0 Å². The first-order valence-electron chi connectivity index (χ1n) is 8.35. The van der Waals surface area contributed by atoms with Crippen LogP contribution in [0, 0.1) is 27.4 Å². The molecule has 6 atom stereocenters. The molecule has 0 aromatic rings. The molecule has 132 valence electrons. The largest absolute Gasteiger partial charge is 0.477 e. The highest BCUT2D eigenvalue weighted by Crippen LogP contribution is 2.36. The van der Waals surface area contributed by atoms with Crippen LogP contribution in [0.15, 0.2) is 12.2 Å². The minimum Gasteiger partial charge on any atom is -0.477 e. The van der Waals surface area contributed by atoms with E-state index in [0.29, 0.717) is 19.3 Å². The van der Waals surface area contributed by atoms with Crippen molar-refractivity contribution in [2.24, 2.45) is 11.8 Å². The third-order valence-electron chi connectivity index (χ3n) is 5.21. The highest BCUT2D eigenvalue weighted by molar-refractivity contribution is 14.1. The number of nitro groups is 1. The molecule has 2 saturated carbocycles. The Morgan fingerprint density at radius 2 is 2.12 bits per heavy atom. The lowest BCUT2D eigenvalue weighted by molar-refractivity contribution is -0.527. The Hall–Kier alpha value is -1.19. The molecule has 1 aliphatic heterocycles. The summed E-state index contributed by atoms with van der Waals surface area (Å²) in [7, 11) is 0. The van der Waals surface area contributed by atoms with Gasteiger partial charge in [0.05, 0.1) is 5.92 Å². The number of nitrogens with zero attached hydrogens (tertiary/aromatic N) is 1. The molecule has 2 aliphatic carbocycles. The van der Waals surface area contributed by atoms with E-state index in [4.69, 9.17) is 14.9 Å². The number of rotatable bonds is 3. The fraction of sp³-hybridized carbons (Fsp3) is 0.750. The van der Waals surface area contributed by atoms with E-state index in [2.05, 4.69) is 22.6 Å². The Labute approximate surface area is 153 Å². The molecular weight excluding hydrogens is 427 g/mol. The van der Waals surface area contributed by atoms with Gasteiger partial charge in [-0.25, -0.2) is 4.79 Å². The second kappa shape index (κ2) is 7.37. The Morgan fingerprint density at radius 3 is 2.88 bits per heavy atom. The Bertz CT molecular complexity index is 567. The summed E-state index contributed by atoms with van der Waals surface area (Å²) in [6, 6.07) is -0.579. The van der Waals surface area contributed by atoms with Crippen LogP contribution in [0.4, 0.5) is 0 Å². The Kier molecular flexibility index (Phi) is 5.41. The van der Waals surface area contributed by atoms with Gasteiger partial charge in [-0.05, 0) is 19.3 Å². The van der Waals surface area contributed by atoms with Crippen LogP contribution in [0.2, 0.25) is 0 Å². The number of ether oxygens (including phenoxy) is 2. The number of fused-ring (bicyclic) bond motifs is 1. The van der Waals surface area contributed by atoms with Crippen LogP contribution in [0.25, 0.3) is 0 Å². The van der Waals surface area contributed by atoms with E-state index >= 15 is 0 Å². The first-order chi connectivity index (χ1) is 11.4. The fourth-order valence-corrected chi connectivity index (χ4v) is 4.79. The molecule has 2 fully saturated rings. The molecular formula is C16H21IN2O5. The molecule has 1 N–H and O–H groups in total. The average molecular weight is 448 g/mol. The summed E-state index contributed by atoms with van der Waals surface area (Å²) in [5.41, 5.74) is 0. The van der Waals surface area contributed by atoms with Crippen LogP contribution in [0.5, 0.6) is 0 Å². The van der Waals surface area contributed by atoms with E-state index in [9.17, 15) is 14.9 Å². The van der Waals surface area contributed by atoms with Crippen LogP contribution >= 0.6 is 22.6 Å². The molecule has 0 radical (unpaired) electrons. The van der Waals surface area contributed by atoms with Crippen molar-refractivity contribution in [2.75, 3.05) is 0 Å². The zero-order valence-corrected chi connectivity index (χ0v) is 15.4. The molecule has 0 saturated heterocycles. The SMILES string of the molecule is N=C(OC1CCC2C=CC(=O)OC2C1)C1CC([N+](=O)[O-])CCC1I. The lowest BCUT2D eigenvalue weighted by Gasteiger charge is -2.37. The maximum atomic E-state index is 11.4. The van der Waals surface area contributed by atoms with Crippen molar-refractivity contribution >= 4 is 34.5 Å². The molecule has 0 amide bonds. The quantitative estimate of drug-likeness (QED) is 0.136.